The van der Waals surface area contributed by atoms with Crippen LogP contribution in [0.5, 0.6) is 0 Å². The minimum absolute atomic E-state index is 0.0801. The zero-order valence-corrected chi connectivity index (χ0v) is 14.4. The normalized spacial score (nSPS) is 28.3. The number of hydrogen-bond acceptors (Lipinski definition) is 4. The van der Waals surface area contributed by atoms with Gasteiger partial charge in [0.25, 0.3) is 0 Å². The molecule has 0 unspecified atom stereocenters. The summed E-state index contributed by atoms with van der Waals surface area (Å²) in [4.78, 5) is 17.1. The minimum Gasteiger partial charge on any atom is -0.391 e. The molecule has 0 radical (unpaired) electrons. The fourth-order valence-electron chi connectivity index (χ4n) is 3.78. The summed E-state index contributed by atoms with van der Waals surface area (Å²) in [5, 5.41) is 17.5. The van der Waals surface area contributed by atoms with Gasteiger partial charge < -0.3 is 14.9 Å². The standard InChI is InChI=1S/C17H28N4O2/c1-12-8-14(19-18-12)9-13-10-21(11-15(13)22)16(23)17(2)4-6-20(3)7-5-17/h8,13,15,22H,4-7,9-11H2,1-3H3,(H,18,19)/t13-,15-/m1/s1. The molecule has 3 rings (SSSR count). The van der Waals surface area contributed by atoms with Gasteiger partial charge in [0.15, 0.2) is 0 Å². The number of aromatic nitrogens is 2. The van der Waals surface area contributed by atoms with Gasteiger partial charge in [0.05, 0.1) is 11.8 Å². The first-order chi connectivity index (χ1) is 10.9. The molecule has 1 aromatic heterocycles. The maximum atomic E-state index is 13.0. The number of nitrogens with zero attached hydrogens (tertiary/aromatic N) is 3. The Balaban J connectivity index is 1.62. The molecule has 1 amide bonds. The number of hydrogen-bond donors (Lipinski definition) is 2. The predicted molar refractivity (Wildman–Crippen MR) is 87.9 cm³/mol. The molecule has 6 nitrogen and oxygen atoms in total. The van der Waals surface area contributed by atoms with E-state index in [1.54, 1.807) is 0 Å². The first-order valence-electron chi connectivity index (χ1n) is 8.54. The van der Waals surface area contributed by atoms with Crippen molar-refractivity contribution in [3.05, 3.63) is 17.5 Å². The van der Waals surface area contributed by atoms with Crippen LogP contribution in [0, 0.1) is 18.3 Å². The number of likely N-dealkylation sites (tertiary alicyclic amines) is 2. The van der Waals surface area contributed by atoms with Crippen molar-refractivity contribution in [1.29, 1.82) is 0 Å². The highest BCUT2D eigenvalue weighted by atomic mass is 16.3. The Morgan fingerprint density at radius 3 is 2.74 bits per heavy atom. The maximum absolute atomic E-state index is 13.0. The van der Waals surface area contributed by atoms with Crippen molar-refractivity contribution in [2.24, 2.45) is 11.3 Å². The van der Waals surface area contributed by atoms with E-state index < -0.39 is 6.10 Å². The summed E-state index contributed by atoms with van der Waals surface area (Å²) in [6, 6.07) is 2.01. The third-order valence-electron chi connectivity index (χ3n) is 5.53. The quantitative estimate of drug-likeness (QED) is 0.864. The highest BCUT2D eigenvalue weighted by molar-refractivity contribution is 5.82. The van der Waals surface area contributed by atoms with Gasteiger partial charge in [-0.05, 0) is 52.4 Å². The third-order valence-corrected chi connectivity index (χ3v) is 5.53. The summed E-state index contributed by atoms with van der Waals surface area (Å²) >= 11 is 0. The molecule has 0 bridgehead atoms. The Hall–Kier alpha value is -1.40. The Kier molecular flexibility index (Phi) is 4.47. The molecule has 0 aromatic carbocycles. The first kappa shape index (κ1) is 16.5. The molecule has 2 saturated heterocycles. The van der Waals surface area contributed by atoms with Crippen molar-refractivity contribution >= 4 is 5.91 Å². The van der Waals surface area contributed by atoms with Crippen LogP contribution in [0.4, 0.5) is 0 Å². The van der Waals surface area contributed by atoms with Crippen molar-refractivity contribution in [1.82, 2.24) is 20.0 Å². The number of β-amino-alcohol motifs (C(OH)–C–C–N with tert-alkyl or cyclic N) is 1. The molecule has 2 aliphatic heterocycles. The van der Waals surface area contributed by atoms with Gasteiger partial charge >= 0.3 is 0 Å². The average molecular weight is 320 g/mol. The predicted octanol–water partition coefficient (Wildman–Crippen LogP) is 0.812. The van der Waals surface area contributed by atoms with Gasteiger partial charge in [0, 0.05) is 30.1 Å². The van der Waals surface area contributed by atoms with Gasteiger partial charge in [-0.2, -0.15) is 5.10 Å². The third kappa shape index (κ3) is 3.43. The molecular weight excluding hydrogens is 292 g/mol. The number of carbonyl (C=O) groups excluding carboxylic acids is 1. The molecular formula is C17H28N4O2. The summed E-state index contributed by atoms with van der Waals surface area (Å²) in [6.45, 7) is 7.08. The van der Waals surface area contributed by atoms with E-state index in [0.717, 1.165) is 43.7 Å². The van der Waals surface area contributed by atoms with Gasteiger partial charge in [0.1, 0.15) is 0 Å². The molecule has 0 spiro atoms. The molecule has 2 fully saturated rings. The Bertz CT molecular complexity index is 563. The molecule has 2 aliphatic rings. The number of aromatic amines is 1. The Morgan fingerprint density at radius 2 is 2.13 bits per heavy atom. The lowest BCUT2D eigenvalue weighted by molar-refractivity contribution is -0.143. The lowest BCUT2D eigenvalue weighted by Gasteiger charge is -2.39. The average Bonchev–Trinajstić information content (AvgIpc) is 3.08. The maximum Gasteiger partial charge on any atom is 0.228 e. The van der Waals surface area contributed by atoms with Crippen LogP contribution in [0.25, 0.3) is 0 Å². The number of H-pyrrole nitrogens is 1. The lowest BCUT2D eigenvalue weighted by Crippen LogP contribution is -2.47. The van der Waals surface area contributed by atoms with Gasteiger partial charge in [-0.15, -0.1) is 0 Å². The second-order valence-corrected chi connectivity index (χ2v) is 7.65. The van der Waals surface area contributed by atoms with Crippen molar-refractivity contribution in [2.75, 3.05) is 33.2 Å². The van der Waals surface area contributed by atoms with E-state index in [0.29, 0.717) is 13.1 Å². The highest BCUT2D eigenvalue weighted by Gasteiger charge is 2.43. The number of piperidine rings is 1. The SMILES string of the molecule is Cc1cc(C[C@@H]2CN(C(=O)C3(C)CCN(C)CC3)C[C@H]2O)n[nH]1. The second-order valence-electron chi connectivity index (χ2n) is 7.65. The molecule has 0 saturated carbocycles. The van der Waals surface area contributed by atoms with Crippen LogP contribution in [0.15, 0.2) is 6.07 Å². The zero-order chi connectivity index (χ0) is 16.6. The fourth-order valence-corrected chi connectivity index (χ4v) is 3.78. The first-order valence-corrected chi connectivity index (χ1v) is 8.54. The molecule has 2 N–H and O–H groups in total. The lowest BCUT2D eigenvalue weighted by atomic mass is 9.79. The summed E-state index contributed by atoms with van der Waals surface area (Å²) in [5.41, 5.74) is 1.72. The number of aliphatic hydroxyl groups is 1. The van der Waals surface area contributed by atoms with E-state index in [4.69, 9.17) is 0 Å². The van der Waals surface area contributed by atoms with E-state index in [9.17, 15) is 9.90 Å². The zero-order valence-electron chi connectivity index (χ0n) is 14.4. The topological polar surface area (TPSA) is 72.5 Å². The van der Waals surface area contributed by atoms with Crippen LogP contribution in [0.3, 0.4) is 0 Å². The van der Waals surface area contributed by atoms with Gasteiger partial charge in [-0.1, -0.05) is 6.92 Å². The largest absolute Gasteiger partial charge is 0.391 e. The fraction of sp³-hybridized carbons (Fsp3) is 0.765. The van der Waals surface area contributed by atoms with Crippen LogP contribution in [-0.2, 0) is 11.2 Å². The number of amides is 1. The van der Waals surface area contributed by atoms with Crippen LogP contribution < -0.4 is 0 Å². The highest BCUT2D eigenvalue weighted by Crippen LogP contribution is 2.34. The van der Waals surface area contributed by atoms with Gasteiger partial charge in [-0.3, -0.25) is 9.89 Å². The molecule has 128 valence electrons. The second kappa shape index (κ2) is 6.24. The Labute approximate surface area is 137 Å². The Morgan fingerprint density at radius 1 is 1.43 bits per heavy atom. The monoisotopic (exact) mass is 320 g/mol. The molecule has 3 heterocycles. The van der Waals surface area contributed by atoms with E-state index in [1.807, 2.05) is 17.9 Å². The van der Waals surface area contributed by atoms with E-state index in [1.165, 1.54) is 0 Å². The van der Waals surface area contributed by atoms with Crippen molar-refractivity contribution in [3.63, 3.8) is 0 Å². The van der Waals surface area contributed by atoms with Gasteiger partial charge in [-0.25, -0.2) is 0 Å². The summed E-state index contributed by atoms with van der Waals surface area (Å²) in [7, 11) is 2.10. The van der Waals surface area contributed by atoms with Crippen LogP contribution >= 0.6 is 0 Å². The van der Waals surface area contributed by atoms with E-state index in [2.05, 4.69) is 29.1 Å². The summed E-state index contributed by atoms with van der Waals surface area (Å²) in [6.07, 6.45) is 2.07. The van der Waals surface area contributed by atoms with E-state index >= 15 is 0 Å². The number of carbonyl (C=O) groups is 1. The summed E-state index contributed by atoms with van der Waals surface area (Å²) in [5.74, 6) is 0.293. The van der Waals surface area contributed by atoms with Crippen molar-refractivity contribution in [3.8, 4) is 0 Å². The summed E-state index contributed by atoms with van der Waals surface area (Å²) < 4.78 is 0. The van der Waals surface area contributed by atoms with Gasteiger partial charge in [0.2, 0.25) is 5.91 Å². The van der Waals surface area contributed by atoms with Crippen LogP contribution in [0.2, 0.25) is 0 Å². The molecule has 1 aromatic rings. The minimum atomic E-state index is -0.453. The number of rotatable bonds is 3. The molecule has 6 heteroatoms. The van der Waals surface area contributed by atoms with Crippen molar-refractivity contribution < 1.29 is 9.90 Å². The van der Waals surface area contributed by atoms with Crippen LogP contribution in [0.1, 0.15) is 31.2 Å². The smallest absolute Gasteiger partial charge is 0.228 e. The van der Waals surface area contributed by atoms with E-state index in [-0.39, 0.29) is 17.2 Å². The number of aryl methyl sites for hydroxylation is 1. The molecule has 2 atom stereocenters. The number of nitrogens with one attached hydrogen (secondary N) is 1. The van der Waals surface area contributed by atoms with Crippen molar-refractivity contribution in [2.45, 2.75) is 39.2 Å². The number of aliphatic hydroxyl groups excluding tert-OH is 1. The molecule has 23 heavy (non-hydrogen) atoms. The van der Waals surface area contributed by atoms with Crippen LogP contribution in [-0.4, -0.2) is 70.3 Å². The molecule has 0 aliphatic carbocycles.